The van der Waals surface area contributed by atoms with Crippen LogP contribution in [0.4, 0.5) is 0 Å². The summed E-state index contributed by atoms with van der Waals surface area (Å²) in [6.45, 7) is 8.84. The molecule has 0 saturated carbocycles. The van der Waals surface area contributed by atoms with E-state index in [9.17, 15) is 0 Å². The van der Waals surface area contributed by atoms with Crippen molar-refractivity contribution in [2.45, 2.75) is 63.2 Å². The quantitative estimate of drug-likeness (QED) is 0.166. The minimum atomic E-state index is -0.432. The Balaban J connectivity index is 1.11. The van der Waals surface area contributed by atoms with Gasteiger partial charge in [-0.05, 0) is 115 Å². The van der Waals surface area contributed by atoms with E-state index in [1.807, 2.05) is 10.6 Å². The van der Waals surface area contributed by atoms with Gasteiger partial charge in [-0.2, -0.15) is 0 Å². The van der Waals surface area contributed by atoms with Gasteiger partial charge in [-0.25, -0.2) is 0 Å². The van der Waals surface area contributed by atoms with Crippen LogP contribution >= 0.6 is 0 Å². The number of fused-ring (bicyclic) bond motifs is 10. The maximum atomic E-state index is 16.3. The second-order valence-electron chi connectivity index (χ2n) is 21.5. The third-order valence-corrected chi connectivity index (χ3v) is 17.5. The molecule has 0 atom stereocenters. The van der Waals surface area contributed by atoms with Crippen molar-refractivity contribution in [2.75, 3.05) is 0 Å². The third kappa shape index (κ3) is 4.82. The lowest BCUT2D eigenvalue weighted by Gasteiger charge is -2.30. The summed E-state index contributed by atoms with van der Waals surface area (Å²) in [6, 6.07) is 59.9. The molecule has 0 unspecified atom stereocenters. The van der Waals surface area contributed by atoms with Crippen molar-refractivity contribution in [3.05, 3.63) is 258 Å². The maximum absolute atomic E-state index is 16.3. The summed E-state index contributed by atoms with van der Waals surface area (Å²) in [7, 11) is 0. The number of hydrogen-bond donors (Lipinski definition) is 0. The highest BCUT2D eigenvalue weighted by molar-refractivity contribution is 6.36. The first-order valence-corrected chi connectivity index (χ1v) is 25.6. The molecule has 0 amide bonds. The first kappa shape index (κ1) is 40.3. The SMILES string of the molecule is CC(C)c1cccc(C(C)C)c1-n1c(=O)c2cc3c4cc5c(cc4n4c6cc7c(cc6c(c2c2ccccc21)c34)C1c2ccccc2C(C7=O)c2ccccc21)C(=O)C1c2ccccc2C5c2ccccc21. The molecule has 18 rings (SSSR count). The van der Waals surface area contributed by atoms with Crippen molar-refractivity contribution in [3.8, 4) is 5.69 Å². The van der Waals surface area contributed by atoms with Crippen LogP contribution in [-0.2, 0) is 0 Å². The van der Waals surface area contributed by atoms with Crippen molar-refractivity contribution >= 4 is 71.3 Å². The van der Waals surface area contributed by atoms with Gasteiger partial charge < -0.3 is 4.40 Å². The summed E-state index contributed by atoms with van der Waals surface area (Å²) < 4.78 is 4.34. The van der Waals surface area contributed by atoms with E-state index >= 15 is 14.4 Å². The molecular formula is C67H46N2O3. The van der Waals surface area contributed by atoms with E-state index in [4.69, 9.17) is 0 Å². The van der Waals surface area contributed by atoms with Crippen LogP contribution in [0.15, 0.2) is 175 Å². The molecule has 342 valence electrons. The molecule has 5 nitrogen and oxygen atoms in total. The maximum Gasteiger partial charge on any atom is 0.263 e. The standard InChI is InChI=1S/C67H46N2O3/c1-33(2)35-25-15-26-36(34(3)4)63(35)69-54-27-14-13-24-45(54)59-53(67(69)72)30-49-46-28-47-50(65(70)60-41-20-9-5-16-37(41)57(47)38-17-6-10-21-42(38)60)31-55(46)68-56-32-51-48(29-52(56)62(59)64(49)68)58-39-18-7-11-22-43(39)61(66(51)71)44-23-12-8-19-40(44)58/h5-34,57-58,60-61H,1-4H3. The number of para-hydroxylation sites is 2. The minimum absolute atomic E-state index is 0.0657. The fourth-order valence-corrected chi connectivity index (χ4v) is 14.6. The topological polar surface area (TPSA) is 60.6 Å². The van der Waals surface area contributed by atoms with E-state index in [1.54, 1.807) is 0 Å². The number of pyridine rings is 1. The second-order valence-corrected chi connectivity index (χ2v) is 21.5. The molecule has 0 N–H and O–H groups in total. The molecule has 0 radical (unpaired) electrons. The average molecular weight is 927 g/mol. The molecule has 0 spiro atoms. The zero-order valence-corrected chi connectivity index (χ0v) is 40.2. The van der Waals surface area contributed by atoms with Crippen molar-refractivity contribution in [1.29, 1.82) is 0 Å². The number of carbonyl (C=O) groups is 2. The molecule has 6 aliphatic carbocycles. The number of benzene rings is 9. The summed E-state index contributed by atoms with van der Waals surface area (Å²) in [5, 5.41) is 6.45. The Hall–Kier alpha value is -8.41. The summed E-state index contributed by atoms with van der Waals surface area (Å²) in [4.78, 5) is 47.3. The lowest BCUT2D eigenvalue weighted by molar-refractivity contribution is 0.0966. The largest absolute Gasteiger partial charge is 0.308 e. The number of aromatic nitrogens is 2. The first-order chi connectivity index (χ1) is 35.2. The monoisotopic (exact) mass is 926 g/mol. The predicted octanol–water partition coefficient (Wildman–Crippen LogP) is 15.2. The van der Waals surface area contributed by atoms with Gasteiger partial charge in [0, 0.05) is 60.7 Å². The van der Waals surface area contributed by atoms with Gasteiger partial charge in [0.1, 0.15) is 0 Å². The molecule has 4 bridgehead atoms. The lowest BCUT2D eigenvalue weighted by atomic mass is 9.72. The summed E-state index contributed by atoms with van der Waals surface area (Å²) >= 11 is 0. The van der Waals surface area contributed by atoms with E-state index < -0.39 is 11.8 Å². The molecule has 9 aromatic carbocycles. The van der Waals surface area contributed by atoms with Crippen LogP contribution in [0.25, 0.3) is 65.5 Å². The fourth-order valence-electron chi connectivity index (χ4n) is 14.6. The van der Waals surface area contributed by atoms with Gasteiger partial charge >= 0.3 is 0 Å². The Morgan fingerprint density at radius 1 is 0.361 bits per heavy atom. The van der Waals surface area contributed by atoms with E-state index in [2.05, 4.69) is 196 Å². The van der Waals surface area contributed by atoms with Gasteiger partial charge in [-0.15, -0.1) is 0 Å². The zero-order valence-electron chi connectivity index (χ0n) is 40.2. The molecule has 3 aromatic heterocycles. The number of rotatable bonds is 3. The van der Waals surface area contributed by atoms with Crippen LogP contribution < -0.4 is 5.56 Å². The van der Waals surface area contributed by atoms with E-state index in [0.29, 0.717) is 5.39 Å². The van der Waals surface area contributed by atoms with Crippen molar-refractivity contribution in [2.24, 2.45) is 0 Å². The van der Waals surface area contributed by atoms with E-state index in [0.717, 1.165) is 138 Å². The Labute approximate surface area is 414 Å². The van der Waals surface area contributed by atoms with Crippen LogP contribution in [0.2, 0.25) is 0 Å². The summed E-state index contributed by atoms with van der Waals surface area (Å²) in [5.74, 6) is -0.658. The molecular weight excluding hydrogens is 881 g/mol. The highest BCUT2D eigenvalue weighted by Crippen LogP contribution is 2.56. The Morgan fingerprint density at radius 2 is 0.792 bits per heavy atom. The second kappa shape index (κ2) is 13.9. The third-order valence-electron chi connectivity index (χ3n) is 17.5. The highest BCUT2D eigenvalue weighted by atomic mass is 16.1. The number of hydrogen-bond acceptors (Lipinski definition) is 3. The Bertz CT molecular complexity index is 4440. The molecule has 12 aromatic rings. The van der Waals surface area contributed by atoms with Crippen molar-refractivity contribution < 1.29 is 9.59 Å². The minimum Gasteiger partial charge on any atom is -0.308 e. The predicted molar refractivity (Wildman–Crippen MR) is 290 cm³/mol. The van der Waals surface area contributed by atoms with Crippen LogP contribution in [0.3, 0.4) is 0 Å². The van der Waals surface area contributed by atoms with E-state index in [-0.39, 0.29) is 40.8 Å². The molecule has 0 fully saturated rings. The molecule has 5 heteroatoms. The normalized spacial score (nSPS) is 18.4. The smallest absolute Gasteiger partial charge is 0.263 e. The number of nitrogens with zero attached hydrogens (tertiary/aromatic N) is 2. The Morgan fingerprint density at radius 3 is 1.28 bits per heavy atom. The van der Waals surface area contributed by atoms with Gasteiger partial charge in [-0.1, -0.05) is 161 Å². The lowest BCUT2D eigenvalue weighted by Crippen LogP contribution is -2.22. The average Bonchev–Trinajstić information content (AvgIpc) is 3.77. The highest BCUT2D eigenvalue weighted by Gasteiger charge is 2.45. The summed E-state index contributed by atoms with van der Waals surface area (Å²) in [6.07, 6.45) is 0. The fraction of sp³-hybridized carbons (Fsp3) is 0.149. The summed E-state index contributed by atoms with van der Waals surface area (Å²) in [5.41, 5.74) is 19.1. The molecule has 6 aliphatic rings. The first-order valence-electron chi connectivity index (χ1n) is 25.6. The van der Waals surface area contributed by atoms with Crippen LogP contribution in [0.5, 0.6) is 0 Å². The molecule has 72 heavy (non-hydrogen) atoms. The van der Waals surface area contributed by atoms with Gasteiger partial charge in [0.25, 0.3) is 5.56 Å². The van der Waals surface area contributed by atoms with Gasteiger partial charge in [0.2, 0.25) is 0 Å². The van der Waals surface area contributed by atoms with Crippen LogP contribution in [-0.4, -0.2) is 20.5 Å². The van der Waals surface area contributed by atoms with Crippen LogP contribution in [0.1, 0.15) is 151 Å². The Kier molecular flexibility index (Phi) is 7.80. The number of Topliss-reactive ketones (excluding diaryl/α,β-unsaturated/α-hetero) is 2. The number of ketones is 2. The van der Waals surface area contributed by atoms with E-state index in [1.165, 1.54) is 0 Å². The molecule has 0 saturated heterocycles. The van der Waals surface area contributed by atoms with Crippen molar-refractivity contribution in [3.63, 3.8) is 0 Å². The molecule has 0 aliphatic heterocycles. The van der Waals surface area contributed by atoms with Crippen LogP contribution in [0, 0.1) is 0 Å². The molecule has 3 heterocycles. The van der Waals surface area contributed by atoms with Gasteiger partial charge in [0.05, 0.1) is 39.6 Å². The zero-order chi connectivity index (χ0) is 48.2. The van der Waals surface area contributed by atoms with Crippen molar-refractivity contribution in [1.82, 2.24) is 8.97 Å². The van der Waals surface area contributed by atoms with Gasteiger partial charge in [0.15, 0.2) is 11.6 Å². The number of carbonyl (C=O) groups excluding carboxylic acids is 2. The van der Waals surface area contributed by atoms with Gasteiger partial charge in [-0.3, -0.25) is 19.0 Å².